The van der Waals surface area contributed by atoms with Crippen molar-refractivity contribution in [3.8, 4) is 0 Å². The van der Waals surface area contributed by atoms with Gasteiger partial charge in [0.2, 0.25) is 0 Å². The SMILES string of the molecule is C=C1COC([I-]C)C(NC(=O)OC(C)(C)C)C1. The van der Waals surface area contributed by atoms with Crippen molar-refractivity contribution in [3.63, 3.8) is 0 Å². The molecular weight excluding hydrogens is 333 g/mol. The summed E-state index contributed by atoms with van der Waals surface area (Å²) in [6, 6.07) is 0.0175. The molecule has 0 aromatic carbocycles. The van der Waals surface area contributed by atoms with Gasteiger partial charge in [0.05, 0.1) is 0 Å². The van der Waals surface area contributed by atoms with Gasteiger partial charge >= 0.3 is 114 Å². The quantitative estimate of drug-likeness (QED) is 0.389. The third-order valence-corrected chi connectivity index (χ3v) is 4.64. The van der Waals surface area contributed by atoms with Gasteiger partial charge < -0.3 is 0 Å². The third-order valence-electron chi connectivity index (χ3n) is 2.19. The number of halogens is 1. The number of nitrogens with one attached hydrogen (secondary N) is 1. The molecule has 0 spiro atoms. The number of carbonyl (C=O) groups is 1. The number of ether oxygens (including phenoxy) is 2. The summed E-state index contributed by atoms with van der Waals surface area (Å²) >= 11 is -0.0730. The average molecular weight is 354 g/mol. The van der Waals surface area contributed by atoms with Crippen LogP contribution in [0.4, 0.5) is 4.79 Å². The molecule has 2 unspecified atom stereocenters. The molecule has 100 valence electrons. The molecule has 0 saturated carbocycles. The van der Waals surface area contributed by atoms with Crippen LogP contribution in [0.3, 0.4) is 0 Å². The van der Waals surface area contributed by atoms with E-state index < -0.39 is 5.60 Å². The van der Waals surface area contributed by atoms with Crippen molar-refractivity contribution < 1.29 is 35.5 Å². The first-order valence-corrected chi connectivity index (χ1v) is 8.98. The van der Waals surface area contributed by atoms with Gasteiger partial charge in [-0.3, -0.25) is 0 Å². The second-order valence-electron chi connectivity index (χ2n) is 5.09. The van der Waals surface area contributed by atoms with Gasteiger partial charge in [-0.15, -0.1) is 0 Å². The van der Waals surface area contributed by atoms with Gasteiger partial charge in [-0.05, 0) is 0 Å². The van der Waals surface area contributed by atoms with Gasteiger partial charge in [-0.25, -0.2) is 0 Å². The van der Waals surface area contributed by atoms with E-state index in [1.807, 2.05) is 20.8 Å². The van der Waals surface area contributed by atoms with Crippen molar-refractivity contribution >= 4 is 6.09 Å². The van der Waals surface area contributed by atoms with E-state index in [0.29, 0.717) is 6.61 Å². The zero-order valence-corrected chi connectivity index (χ0v) is 13.0. The molecule has 17 heavy (non-hydrogen) atoms. The Bertz CT molecular complexity index is 299. The molecule has 0 aliphatic carbocycles. The van der Waals surface area contributed by atoms with Crippen molar-refractivity contribution in [1.29, 1.82) is 0 Å². The molecule has 2 atom stereocenters. The van der Waals surface area contributed by atoms with Gasteiger partial charge in [0.25, 0.3) is 0 Å². The number of amides is 1. The van der Waals surface area contributed by atoms with Crippen molar-refractivity contribution in [2.75, 3.05) is 11.5 Å². The van der Waals surface area contributed by atoms with Gasteiger partial charge in [-0.1, -0.05) is 0 Å². The minimum atomic E-state index is -0.465. The molecule has 0 aromatic heterocycles. The van der Waals surface area contributed by atoms with Crippen LogP contribution >= 0.6 is 0 Å². The number of rotatable bonds is 2. The summed E-state index contributed by atoms with van der Waals surface area (Å²) in [7, 11) is 0. The summed E-state index contributed by atoms with van der Waals surface area (Å²) in [6.07, 6.45) is 0.417. The molecular formula is C12H21INO3-. The van der Waals surface area contributed by atoms with Crippen LogP contribution < -0.4 is 26.5 Å². The maximum absolute atomic E-state index is 11.7. The molecule has 0 bridgehead atoms. The van der Waals surface area contributed by atoms with Crippen LogP contribution in [0.5, 0.6) is 0 Å². The van der Waals surface area contributed by atoms with Crippen LogP contribution in [0.25, 0.3) is 0 Å². The Morgan fingerprint density at radius 1 is 1.59 bits per heavy atom. The van der Waals surface area contributed by atoms with Crippen LogP contribution in [0, 0.1) is 0 Å². The minimum absolute atomic E-state index is 0.0175. The summed E-state index contributed by atoms with van der Waals surface area (Å²) in [5, 5.41) is 2.89. The van der Waals surface area contributed by atoms with Gasteiger partial charge in [0, 0.05) is 0 Å². The Morgan fingerprint density at radius 2 is 2.24 bits per heavy atom. The normalized spacial score (nSPS) is 25.8. The van der Waals surface area contributed by atoms with E-state index in [-0.39, 0.29) is 37.5 Å². The first-order valence-electron chi connectivity index (χ1n) is 5.57. The van der Waals surface area contributed by atoms with Crippen molar-refractivity contribution in [2.45, 2.75) is 42.9 Å². The third kappa shape index (κ3) is 5.25. The molecule has 1 fully saturated rings. The zero-order valence-electron chi connectivity index (χ0n) is 10.9. The number of carbonyl (C=O) groups excluding carboxylic acids is 1. The fraction of sp³-hybridized carbons (Fsp3) is 0.750. The van der Waals surface area contributed by atoms with Gasteiger partial charge in [0.15, 0.2) is 0 Å². The Morgan fingerprint density at radius 3 is 2.76 bits per heavy atom. The van der Waals surface area contributed by atoms with Crippen LogP contribution in [0.2, 0.25) is 0 Å². The second-order valence-corrected chi connectivity index (χ2v) is 7.56. The molecule has 1 aliphatic heterocycles. The molecule has 1 aliphatic rings. The number of hydrogen-bond donors (Lipinski definition) is 1. The van der Waals surface area contributed by atoms with Gasteiger partial charge in [-0.2, -0.15) is 0 Å². The summed E-state index contributed by atoms with van der Waals surface area (Å²) in [5.41, 5.74) is 0.563. The first kappa shape index (κ1) is 14.8. The molecule has 1 amide bonds. The first-order chi connectivity index (χ1) is 7.81. The summed E-state index contributed by atoms with van der Waals surface area (Å²) in [6.45, 7) is 10.1. The van der Waals surface area contributed by atoms with Crippen LogP contribution in [0.1, 0.15) is 27.2 Å². The van der Waals surface area contributed by atoms with Crippen LogP contribution in [-0.4, -0.2) is 33.4 Å². The Balaban J connectivity index is 2.52. The fourth-order valence-electron chi connectivity index (χ4n) is 1.57. The van der Waals surface area contributed by atoms with E-state index in [1.54, 1.807) is 0 Å². The van der Waals surface area contributed by atoms with Crippen LogP contribution in [0.15, 0.2) is 12.2 Å². The Labute approximate surface area is 113 Å². The Hall–Kier alpha value is -0.300. The number of hydrogen-bond acceptors (Lipinski definition) is 3. The molecule has 1 N–H and O–H groups in total. The summed E-state index contributed by atoms with van der Waals surface area (Å²) in [5.74, 6) is 0. The molecule has 1 rings (SSSR count). The van der Waals surface area contributed by atoms with Crippen molar-refractivity contribution in [1.82, 2.24) is 5.32 Å². The standard InChI is InChI=1S/C12H21INO3/c1-8-6-9(10(13-5)16-7-8)14-11(15)17-12(2,3)4/h9-10H,1,6-7H2,2-5H3,(H,14,15)/q-1. The van der Waals surface area contributed by atoms with Crippen molar-refractivity contribution in [2.24, 2.45) is 0 Å². The van der Waals surface area contributed by atoms with E-state index in [0.717, 1.165) is 12.0 Å². The summed E-state index contributed by atoms with van der Waals surface area (Å²) < 4.78 is 11.1. The molecule has 4 nitrogen and oxygen atoms in total. The van der Waals surface area contributed by atoms with E-state index in [9.17, 15) is 4.79 Å². The maximum atomic E-state index is 11.7. The van der Waals surface area contributed by atoms with Crippen molar-refractivity contribution in [3.05, 3.63) is 12.2 Å². The molecule has 5 heteroatoms. The topological polar surface area (TPSA) is 47.6 Å². The van der Waals surface area contributed by atoms with Gasteiger partial charge in [0.1, 0.15) is 0 Å². The van der Waals surface area contributed by atoms with E-state index in [4.69, 9.17) is 9.47 Å². The van der Waals surface area contributed by atoms with E-state index >= 15 is 0 Å². The monoisotopic (exact) mass is 354 g/mol. The predicted molar refractivity (Wildman–Crippen MR) is 62.6 cm³/mol. The molecule has 1 heterocycles. The molecule has 0 radical (unpaired) electrons. The molecule has 0 aromatic rings. The van der Waals surface area contributed by atoms with Crippen LogP contribution in [-0.2, 0) is 9.47 Å². The number of alkyl halides is 2. The van der Waals surface area contributed by atoms with E-state index in [2.05, 4.69) is 16.8 Å². The van der Waals surface area contributed by atoms with E-state index in [1.165, 1.54) is 0 Å². The summed E-state index contributed by atoms with van der Waals surface area (Å²) in [4.78, 5) is 13.8. The molecule has 1 saturated heterocycles. The fourth-order valence-corrected chi connectivity index (χ4v) is 3.41. The predicted octanol–water partition coefficient (Wildman–Crippen LogP) is -1.10. The average Bonchev–Trinajstić information content (AvgIpc) is 2.14. The zero-order chi connectivity index (χ0) is 13.1. The number of alkyl carbamates (subject to hydrolysis) is 1. The Kier molecular flexibility index (Phi) is 5.24. The second kappa shape index (κ2) is 6.04.